The number of anilines is 2. The summed E-state index contributed by atoms with van der Waals surface area (Å²) in [4.78, 5) is 21.9. The molecule has 0 bridgehead atoms. The normalized spacial score (nSPS) is 13.7. The van der Waals surface area contributed by atoms with Crippen molar-refractivity contribution in [1.29, 1.82) is 0 Å². The van der Waals surface area contributed by atoms with Crippen LogP contribution >= 0.6 is 0 Å². The molecule has 0 fully saturated rings. The zero-order valence-electron chi connectivity index (χ0n) is 18.2. The smallest absolute Gasteiger partial charge is 0.227 e. The SMILES string of the molecule is CCCc1noc(CCCC(=O)N2CCCN(Cc3ccccc3)c3ccccc32)n1. The number of fused-ring (bicyclic) bond motifs is 1. The molecule has 0 saturated carbocycles. The maximum Gasteiger partial charge on any atom is 0.227 e. The molecule has 6 heteroatoms. The number of amides is 1. The van der Waals surface area contributed by atoms with Crippen LogP contribution in [-0.4, -0.2) is 29.1 Å². The van der Waals surface area contributed by atoms with Gasteiger partial charge in [-0.2, -0.15) is 4.98 Å². The molecule has 3 aromatic rings. The summed E-state index contributed by atoms with van der Waals surface area (Å²) < 4.78 is 5.30. The van der Waals surface area contributed by atoms with Gasteiger partial charge in [-0.25, -0.2) is 0 Å². The van der Waals surface area contributed by atoms with Gasteiger partial charge in [0.25, 0.3) is 0 Å². The number of rotatable bonds is 8. The van der Waals surface area contributed by atoms with Crippen LogP contribution in [0, 0.1) is 0 Å². The highest BCUT2D eigenvalue weighted by Gasteiger charge is 2.24. The third-order valence-electron chi connectivity index (χ3n) is 5.61. The average molecular weight is 419 g/mol. The van der Waals surface area contributed by atoms with E-state index in [2.05, 4.69) is 58.4 Å². The van der Waals surface area contributed by atoms with Crippen molar-refractivity contribution in [1.82, 2.24) is 10.1 Å². The van der Waals surface area contributed by atoms with Crippen LogP contribution in [0.2, 0.25) is 0 Å². The van der Waals surface area contributed by atoms with E-state index in [9.17, 15) is 4.79 Å². The summed E-state index contributed by atoms with van der Waals surface area (Å²) in [5.74, 6) is 1.53. The van der Waals surface area contributed by atoms with Gasteiger partial charge < -0.3 is 14.3 Å². The summed E-state index contributed by atoms with van der Waals surface area (Å²) in [7, 11) is 0. The van der Waals surface area contributed by atoms with Gasteiger partial charge in [0.1, 0.15) is 0 Å². The molecule has 0 N–H and O–H groups in total. The maximum absolute atomic E-state index is 13.1. The highest BCUT2D eigenvalue weighted by Crippen LogP contribution is 2.33. The quantitative estimate of drug-likeness (QED) is 0.526. The molecule has 31 heavy (non-hydrogen) atoms. The Morgan fingerprint density at radius 2 is 1.77 bits per heavy atom. The van der Waals surface area contributed by atoms with Crippen molar-refractivity contribution < 1.29 is 9.32 Å². The molecule has 0 spiro atoms. The van der Waals surface area contributed by atoms with Crippen molar-refractivity contribution in [2.24, 2.45) is 0 Å². The van der Waals surface area contributed by atoms with E-state index in [0.29, 0.717) is 25.2 Å². The maximum atomic E-state index is 13.1. The molecular weight excluding hydrogens is 388 g/mol. The van der Waals surface area contributed by atoms with Crippen LogP contribution in [0.5, 0.6) is 0 Å². The number of carbonyl (C=O) groups excluding carboxylic acids is 1. The second-order valence-electron chi connectivity index (χ2n) is 8.00. The van der Waals surface area contributed by atoms with Gasteiger partial charge in [0.15, 0.2) is 5.82 Å². The highest BCUT2D eigenvalue weighted by molar-refractivity contribution is 5.97. The van der Waals surface area contributed by atoms with Crippen molar-refractivity contribution >= 4 is 17.3 Å². The zero-order valence-corrected chi connectivity index (χ0v) is 18.2. The van der Waals surface area contributed by atoms with Crippen molar-refractivity contribution in [2.45, 2.75) is 52.0 Å². The Balaban J connectivity index is 1.42. The predicted octanol–water partition coefficient (Wildman–Crippen LogP) is 4.79. The minimum absolute atomic E-state index is 0.155. The predicted molar refractivity (Wildman–Crippen MR) is 122 cm³/mol. The van der Waals surface area contributed by atoms with Crippen LogP contribution in [-0.2, 0) is 24.2 Å². The summed E-state index contributed by atoms with van der Waals surface area (Å²) in [6, 6.07) is 18.7. The molecule has 0 unspecified atom stereocenters. The molecule has 162 valence electrons. The Morgan fingerprint density at radius 3 is 2.58 bits per heavy atom. The largest absolute Gasteiger partial charge is 0.365 e. The summed E-state index contributed by atoms with van der Waals surface area (Å²) in [6.45, 7) is 4.60. The first-order chi connectivity index (χ1) is 15.2. The lowest BCUT2D eigenvalue weighted by Gasteiger charge is -2.27. The fourth-order valence-corrected chi connectivity index (χ4v) is 4.09. The van der Waals surface area contributed by atoms with Crippen molar-refractivity contribution in [3.05, 3.63) is 71.9 Å². The molecule has 0 saturated heterocycles. The van der Waals surface area contributed by atoms with E-state index in [-0.39, 0.29) is 5.91 Å². The van der Waals surface area contributed by atoms with Gasteiger partial charge in [-0.05, 0) is 37.0 Å². The Kier molecular flexibility index (Phi) is 6.97. The standard InChI is InChI=1S/C25H30N4O2/c1-2-10-23-26-24(31-27-23)15-8-16-25(30)29-18-9-17-28(19-20-11-4-3-5-12-20)21-13-6-7-14-22(21)29/h3-7,11-14H,2,8-10,15-19H2,1H3. The average Bonchev–Trinajstić information content (AvgIpc) is 3.16. The molecule has 0 radical (unpaired) electrons. The van der Waals surface area contributed by atoms with E-state index in [1.807, 2.05) is 23.1 Å². The second kappa shape index (κ2) is 10.2. The van der Waals surface area contributed by atoms with Gasteiger partial charge in [0.2, 0.25) is 11.8 Å². The zero-order chi connectivity index (χ0) is 21.5. The Morgan fingerprint density at radius 1 is 1.00 bits per heavy atom. The molecule has 0 atom stereocenters. The number of aromatic nitrogens is 2. The molecule has 1 amide bonds. The molecule has 2 aromatic carbocycles. The lowest BCUT2D eigenvalue weighted by Crippen LogP contribution is -2.31. The molecular formula is C25H30N4O2. The number of carbonyl (C=O) groups is 1. The Labute approximate surface area is 183 Å². The number of hydrogen-bond donors (Lipinski definition) is 0. The van der Waals surface area contributed by atoms with E-state index in [1.54, 1.807) is 0 Å². The first-order valence-electron chi connectivity index (χ1n) is 11.2. The topological polar surface area (TPSA) is 62.5 Å². The monoisotopic (exact) mass is 418 g/mol. The number of para-hydroxylation sites is 2. The van der Waals surface area contributed by atoms with E-state index in [0.717, 1.165) is 56.1 Å². The Hall–Kier alpha value is -3.15. The van der Waals surface area contributed by atoms with Crippen LogP contribution in [0.15, 0.2) is 59.1 Å². The molecule has 1 aromatic heterocycles. The van der Waals surface area contributed by atoms with Gasteiger partial charge in [0, 0.05) is 38.9 Å². The molecule has 6 nitrogen and oxygen atoms in total. The molecule has 2 heterocycles. The van der Waals surface area contributed by atoms with Gasteiger partial charge in [-0.1, -0.05) is 54.5 Å². The summed E-state index contributed by atoms with van der Waals surface area (Å²) in [5, 5.41) is 3.99. The molecule has 1 aliphatic heterocycles. The lowest BCUT2D eigenvalue weighted by molar-refractivity contribution is -0.118. The van der Waals surface area contributed by atoms with Crippen LogP contribution < -0.4 is 9.80 Å². The van der Waals surface area contributed by atoms with E-state index in [4.69, 9.17) is 4.52 Å². The van der Waals surface area contributed by atoms with Crippen LogP contribution in [0.4, 0.5) is 11.4 Å². The third-order valence-corrected chi connectivity index (χ3v) is 5.61. The van der Waals surface area contributed by atoms with Crippen LogP contribution in [0.1, 0.15) is 49.9 Å². The Bertz CT molecular complexity index is 986. The minimum Gasteiger partial charge on any atom is -0.365 e. The van der Waals surface area contributed by atoms with Crippen molar-refractivity contribution in [3.63, 3.8) is 0 Å². The van der Waals surface area contributed by atoms with Gasteiger partial charge >= 0.3 is 0 Å². The van der Waals surface area contributed by atoms with Gasteiger partial charge in [-0.3, -0.25) is 4.79 Å². The first-order valence-corrected chi connectivity index (χ1v) is 11.2. The highest BCUT2D eigenvalue weighted by atomic mass is 16.5. The van der Waals surface area contributed by atoms with Crippen molar-refractivity contribution in [3.8, 4) is 0 Å². The summed E-state index contributed by atoms with van der Waals surface area (Å²) in [5.41, 5.74) is 3.40. The van der Waals surface area contributed by atoms with Crippen LogP contribution in [0.3, 0.4) is 0 Å². The van der Waals surface area contributed by atoms with E-state index < -0.39 is 0 Å². The van der Waals surface area contributed by atoms with Crippen LogP contribution in [0.25, 0.3) is 0 Å². The number of benzene rings is 2. The van der Waals surface area contributed by atoms with E-state index in [1.165, 1.54) is 5.56 Å². The third kappa shape index (κ3) is 5.32. The fourth-order valence-electron chi connectivity index (χ4n) is 4.09. The number of aryl methyl sites for hydroxylation is 2. The van der Waals surface area contributed by atoms with Gasteiger partial charge in [-0.15, -0.1) is 0 Å². The molecule has 1 aliphatic rings. The van der Waals surface area contributed by atoms with Crippen molar-refractivity contribution in [2.75, 3.05) is 22.9 Å². The first kappa shape index (κ1) is 21.1. The minimum atomic E-state index is 0.155. The molecule has 0 aliphatic carbocycles. The summed E-state index contributed by atoms with van der Waals surface area (Å²) in [6.07, 6.45) is 4.58. The van der Waals surface area contributed by atoms with Gasteiger partial charge in [0.05, 0.1) is 11.4 Å². The summed E-state index contributed by atoms with van der Waals surface area (Å²) >= 11 is 0. The number of nitrogens with zero attached hydrogens (tertiary/aromatic N) is 4. The van der Waals surface area contributed by atoms with E-state index >= 15 is 0 Å². The fraction of sp³-hybridized carbons (Fsp3) is 0.400. The lowest BCUT2D eigenvalue weighted by atomic mass is 10.1. The second-order valence-corrected chi connectivity index (χ2v) is 8.00. The number of hydrogen-bond acceptors (Lipinski definition) is 5. The molecule has 4 rings (SSSR count).